The van der Waals surface area contributed by atoms with Gasteiger partial charge in [-0.1, -0.05) is 11.6 Å². The summed E-state index contributed by atoms with van der Waals surface area (Å²) in [5.74, 6) is -0.303. The van der Waals surface area contributed by atoms with Gasteiger partial charge in [-0.3, -0.25) is 0 Å². The van der Waals surface area contributed by atoms with Crippen LogP contribution in [0, 0.1) is 0 Å². The number of ether oxygens (including phenoxy) is 2. The van der Waals surface area contributed by atoms with Gasteiger partial charge in [0.1, 0.15) is 6.61 Å². The van der Waals surface area contributed by atoms with Crippen molar-refractivity contribution in [1.29, 1.82) is 0 Å². The second kappa shape index (κ2) is 6.33. The molecule has 0 aliphatic carbocycles. The zero-order valence-corrected chi connectivity index (χ0v) is 12.3. The van der Waals surface area contributed by atoms with E-state index in [1.54, 1.807) is 0 Å². The molecule has 0 aromatic heterocycles. The number of likely N-dealkylation sites (tertiary alicyclic amines) is 1. The molecule has 6 heteroatoms. The van der Waals surface area contributed by atoms with Crippen molar-refractivity contribution in [3.05, 3.63) is 22.7 Å². The van der Waals surface area contributed by atoms with Gasteiger partial charge in [-0.2, -0.15) is 0 Å². The molecule has 1 aromatic carbocycles. The third-order valence-corrected chi connectivity index (χ3v) is 3.85. The summed E-state index contributed by atoms with van der Waals surface area (Å²) in [6.45, 7) is 1.58. The molecule has 5 nitrogen and oxygen atoms in total. The van der Waals surface area contributed by atoms with Crippen molar-refractivity contribution >= 4 is 17.6 Å². The Hall–Kier alpha value is -1.46. The summed E-state index contributed by atoms with van der Waals surface area (Å²) in [6, 6.07) is 3.15. The van der Waals surface area contributed by atoms with E-state index in [0.29, 0.717) is 24.1 Å². The van der Waals surface area contributed by atoms with E-state index >= 15 is 0 Å². The Bertz CT molecular complexity index is 506. The van der Waals surface area contributed by atoms with Crippen molar-refractivity contribution in [3.63, 3.8) is 0 Å². The fraction of sp³-hybridized carbons (Fsp3) is 0.500. The molecule has 1 aliphatic rings. The van der Waals surface area contributed by atoms with E-state index in [1.165, 1.54) is 19.2 Å². The first-order chi connectivity index (χ1) is 9.52. The van der Waals surface area contributed by atoms with E-state index in [0.717, 1.165) is 19.4 Å². The van der Waals surface area contributed by atoms with Gasteiger partial charge in [0.2, 0.25) is 0 Å². The molecule has 1 heterocycles. The Morgan fingerprint density at radius 2 is 2.30 bits per heavy atom. The number of rotatable bonds is 5. The molecule has 0 saturated carbocycles. The Morgan fingerprint density at radius 3 is 2.85 bits per heavy atom. The maximum absolute atomic E-state index is 11.0. The second-order valence-electron chi connectivity index (χ2n) is 4.88. The first-order valence-electron chi connectivity index (χ1n) is 6.46. The van der Waals surface area contributed by atoms with E-state index in [9.17, 15) is 4.79 Å². The SMILES string of the molecule is COc1cc(C(=O)O)cc(Cl)c1OCC1CCCN1C. The molecule has 0 radical (unpaired) electrons. The molecule has 20 heavy (non-hydrogen) atoms. The molecule has 0 bridgehead atoms. The van der Waals surface area contributed by atoms with Crippen molar-refractivity contribution < 1.29 is 19.4 Å². The monoisotopic (exact) mass is 299 g/mol. The lowest BCUT2D eigenvalue weighted by atomic mass is 10.2. The number of hydrogen-bond donors (Lipinski definition) is 1. The Kier molecular flexibility index (Phi) is 4.73. The average Bonchev–Trinajstić information content (AvgIpc) is 2.82. The number of nitrogens with zero attached hydrogens (tertiary/aromatic N) is 1. The fourth-order valence-electron chi connectivity index (χ4n) is 2.35. The molecule has 1 aliphatic heterocycles. The van der Waals surface area contributed by atoms with Crippen molar-refractivity contribution in [2.24, 2.45) is 0 Å². The topological polar surface area (TPSA) is 59.0 Å². The minimum atomic E-state index is -1.05. The number of hydrogen-bond acceptors (Lipinski definition) is 4. The molecule has 0 amide bonds. The largest absolute Gasteiger partial charge is 0.493 e. The molecular formula is C14H18ClNO4. The molecule has 1 N–H and O–H groups in total. The van der Waals surface area contributed by atoms with Crippen molar-refractivity contribution in [2.75, 3.05) is 27.3 Å². The normalized spacial score (nSPS) is 19.1. The molecule has 2 rings (SSSR count). The summed E-state index contributed by atoms with van der Waals surface area (Å²) >= 11 is 6.10. The quantitative estimate of drug-likeness (QED) is 0.905. The van der Waals surface area contributed by atoms with Crippen LogP contribution in [0.2, 0.25) is 5.02 Å². The highest BCUT2D eigenvalue weighted by atomic mass is 35.5. The van der Waals surface area contributed by atoms with Crippen LogP contribution in [-0.2, 0) is 0 Å². The minimum Gasteiger partial charge on any atom is -0.493 e. The summed E-state index contributed by atoms with van der Waals surface area (Å²) < 4.78 is 10.9. The molecule has 1 unspecified atom stereocenters. The average molecular weight is 300 g/mol. The molecule has 0 spiro atoms. The second-order valence-corrected chi connectivity index (χ2v) is 5.29. The van der Waals surface area contributed by atoms with Gasteiger partial charge in [-0.05, 0) is 38.6 Å². The number of halogens is 1. The van der Waals surface area contributed by atoms with Crippen LogP contribution in [0.25, 0.3) is 0 Å². The van der Waals surface area contributed by atoms with E-state index < -0.39 is 5.97 Å². The van der Waals surface area contributed by atoms with Gasteiger partial charge in [0.25, 0.3) is 0 Å². The predicted octanol–water partition coefficient (Wildman–Crippen LogP) is 2.52. The molecule has 1 atom stereocenters. The lowest BCUT2D eigenvalue weighted by Crippen LogP contribution is -2.30. The summed E-state index contributed by atoms with van der Waals surface area (Å²) in [4.78, 5) is 13.2. The lowest BCUT2D eigenvalue weighted by molar-refractivity contribution is 0.0696. The molecule has 110 valence electrons. The number of carbonyl (C=O) groups is 1. The zero-order valence-electron chi connectivity index (χ0n) is 11.6. The van der Waals surface area contributed by atoms with Crippen LogP contribution < -0.4 is 9.47 Å². The van der Waals surface area contributed by atoms with Crippen molar-refractivity contribution in [1.82, 2.24) is 4.90 Å². The maximum atomic E-state index is 11.0. The highest BCUT2D eigenvalue weighted by molar-refractivity contribution is 6.32. The number of benzene rings is 1. The van der Waals surface area contributed by atoms with Crippen LogP contribution in [0.5, 0.6) is 11.5 Å². The smallest absolute Gasteiger partial charge is 0.335 e. The standard InChI is InChI=1S/C14H18ClNO4/c1-16-5-3-4-10(16)8-20-13-11(15)6-9(14(17)18)7-12(13)19-2/h6-7,10H,3-5,8H2,1-2H3,(H,17,18). The third kappa shape index (κ3) is 3.16. The lowest BCUT2D eigenvalue weighted by Gasteiger charge is -2.21. The Balaban J connectivity index is 2.16. The number of aromatic carboxylic acids is 1. The predicted molar refractivity (Wildman–Crippen MR) is 76.1 cm³/mol. The van der Waals surface area contributed by atoms with E-state index in [-0.39, 0.29) is 10.6 Å². The number of methoxy groups -OCH3 is 1. The van der Waals surface area contributed by atoms with Crippen LogP contribution in [-0.4, -0.2) is 49.3 Å². The van der Waals surface area contributed by atoms with Gasteiger partial charge in [-0.25, -0.2) is 4.79 Å². The summed E-state index contributed by atoms with van der Waals surface area (Å²) in [7, 11) is 3.53. The fourth-order valence-corrected chi connectivity index (χ4v) is 2.62. The highest BCUT2D eigenvalue weighted by Gasteiger charge is 2.23. The van der Waals surface area contributed by atoms with Crippen LogP contribution in [0.15, 0.2) is 12.1 Å². The molecule has 1 aromatic rings. The van der Waals surface area contributed by atoms with Gasteiger partial charge in [0.05, 0.1) is 17.7 Å². The Labute approximate surface area is 123 Å². The van der Waals surface area contributed by atoms with Gasteiger partial charge < -0.3 is 19.5 Å². The first-order valence-corrected chi connectivity index (χ1v) is 6.84. The molecular weight excluding hydrogens is 282 g/mol. The van der Waals surface area contributed by atoms with Crippen molar-refractivity contribution in [3.8, 4) is 11.5 Å². The van der Waals surface area contributed by atoms with Gasteiger partial charge in [0.15, 0.2) is 11.5 Å². The van der Waals surface area contributed by atoms with Gasteiger partial charge in [-0.15, -0.1) is 0 Å². The van der Waals surface area contributed by atoms with Gasteiger partial charge >= 0.3 is 5.97 Å². The number of carboxylic acid groups (broad SMARTS) is 1. The summed E-state index contributed by atoms with van der Waals surface area (Å²) in [5, 5.41) is 9.25. The maximum Gasteiger partial charge on any atom is 0.335 e. The highest BCUT2D eigenvalue weighted by Crippen LogP contribution is 2.36. The first kappa shape index (κ1) is 14.9. The van der Waals surface area contributed by atoms with Crippen molar-refractivity contribution in [2.45, 2.75) is 18.9 Å². The van der Waals surface area contributed by atoms with Crippen LogP contribution in [0.4, 0.5) is 0 Å². The van der Waals surface area contributed by atoms with E-state index in [4.69, 9.17) is 26.2 Å². The van der Waals surface area contributed by atoms with Gasteiger partial charge in [0, 0.05) is 6.04 Å². The summed E-state index contributed by atoms with van der Waals surface area (Å²) in [6.07, 6.45) is 2.25. The third-order valence-electron chi connectivity index (χ3n) is 3.57. The van der Waals surface area contributed by atoms with Crippen LogP contribution in [0.3, 0.4) is 0 Å². The summed E-state index contributed by atoms with van der Waals surface area (Å²) in [5.41, 5.74) is 0.0807. The number of likely N-dealkylation sites (N-methyl/N-ethyl adjacent to an activating group) is 1. The van der Waals surface area contributed by atoms with E-state index in [2.05, 4.69) is 11.9 Å². The Morgan fingerprint density at radius 1 is 1.55 bits per heavy atom. The zero-order chi connectivity index (χ0) is 14.7. The van der Waals surface area contributed by atoms with E-state index in [1.807, 2.05) is 0 Å². The minimum absolute atomic E-state index is 0.0807. The molecule has 1 fully saturated rings. The number of carboxylic acids is 1. The van der Waals surface area contributed by atoms with Crippen LogP contribution >= 0.6 is 11.6 Å². The van der Waals surface area contributed by atoms with Crippen LogP contribution in [0.1, 0.15) is 23.2 Å². The molecule has 1 saturated heterocycles.